The predicted molar refractivity (Wildman–Crippen MR) is 483 cm³/mol. The largest absolute Gasteiger partial charge is 0.409 e. The molecule has 25 heteroatoms. The summed E-state index contributed by atoms with van der Waals surface area (Å²) in [5.41, 5.74) is 66.9. The van der Waals surface area contributed by atoms with E-state index >= 15 is 0 Å². The summed E-state index contributed by atoms with van der Waals surface area (Å²) in [6.45, 7) is 8.23. The van der Waals surface area contributed by atoms with Crippen LogP contribution in [0.5, 0.6) is 0 Å². The van der Waals surface area contributed by atoms with Gasteiger partial charge in [-0.15, -0.1) is 0 Å². The van der Waals surface area contributed by atoms with E-state index in [9.17, 15) is 0 Å². The smallest absolute Gasteiger partial charge is 0.170 e. The molecule has 21 N–H and O–H groups in total. The molecule has 0 spiro atoms. The number of rotatable bonds is 8. The Kier molecular flexibility index (Phi) is 24.9. The van der Waals surface area contributed by atoms with Crippen LogP contribution in [0.2, 0.25) is 0 Å². The lowest BCUT2D eigenvalue weighted by atomic mass is 9.96. The monoisotopic (exact) mass is 1590 g/mol. The maximum absolute atomic E-state index is 8.91. The highest BCUT2D eigenvalue weighted by Gasteiger charge is 2.19. The Morgan fingerprint density at radius 3 is 1.11 bits per heavy atom. The van der Waals surface area contributed by atoms with Gasteiger partial charge in [0.25, 0.3) is 0 Å². The number of likely N-dealkylation sites (N-methyl/N-ethyl adjacent to an activating group) is 2. The van der Waals surface area contributed by atoms with Gasteiger partial charge in [-0.05, 0) is 207 Å². The van der Waals surface area contributed by atoms with E-state index in [0.29, 0.717) is 45.5 Å². The van der Waals surface area contributed by atoms with Crippen LogP contribution in [0.3, 0.4) is 0 Å². The molecule has 3 aliphatic rings. The first kappa shape index (κ1) is 80.5. The molecule has 0 bridgehead atoms. The Labute approximate surface area is 693 Å². The van der Waals surface area contributed by atoms with Crippen molar-refractivity contribution in [3.05, 3.63) is 303 Å². The molecule has 2 fully saturated rings. The van der Waals surface area contributed by atoms with Crippen molar-refractivity contribution in [3.8, 4) is 58.5 Å². The zero-order valence-electron chi connectivity index (χ0n) is 66.0. The number of nitrogens with zero attached hydrogens (tertiary/aromatic N) is 12. The lowest BCUT2D eigenvalue weighted by molar-refractivity contribution is 0.313. The maximum atomic E-state index is 8.91. The molecule has 8 heterocycles. The van der Waals surface area contributed by atoms with E-state index in [-0.39, 0.29) is 23.3 Å². The van der Waals surface area contributed by atoms with Gasteiger partial charge in [0.15, 0.2) is 23.3 Å². The van der Waals surface area contributed by atoms with Crippen LogP contribution in [0.4, 0.5) is 34.6 Å². The molecule has 0 amide bonds. The van der Waals surface area contributed by atoms with Crippen molar-refractivity contribution >= 4 is 118 Å². The molecule has 0 atom stereocenters. The Hall–Kier alpha value is -16.1. The van der Waals surface area contributed by atoms with Crippen LogP contribution >= 0.6 is 0 Å². The van der Waals surface area contributed by atoms with Gasteiger partial charge in [0.2, 0.25) is 0 Å². The van der Waals surface area contributed by atoms with Crippen molar-refractivity contribution in [2.24, 2.45) is 43.6 Å². The number of H-pyrrole nitrogens is 1. The minimum Gasteiger partial charge on any atom is -0.409 e. The number of anilines is 6. The van der Waals surface area contributed by atoms with Crippen LogP contribution < -0.4 is 55.7 Å². The number of fused-ring (bicyclic) bond motifs is 5. The fourth-order valence-electron chi connectivity index (χ4n) is 14.3. The third-order valence-corrected chi connectivity index (χ3v) is 20.7. The molecule has 120 heavy (non-hydrogen) atoms. The molecule has 17 rings (SSSR count). The second-order valence-electron chi connectivity index (χ2n) is 29.0. The minimum atomic E-state index is 0.0379. The van der Waals surface area contributed by atoms with Gasteiger partial charge >= 0.3 is 0 Å². The number of hydrogen-bond donors (Lipinski definition) is 13. The third kappa shape index (κ3) is 19.6. The molecule has 25 nitrogen and oxygen atoms in total. The molecule has 0 saturated carbocycles. The summed E-state index contributed by atoms with van der Waals surface area (Å²) < 4.78 is 0. The van der Waals surface area contributed by atoms with Crippen molar-refractivity contribution in [1.29, 1.82) is 0 Å². The number of benzene rings is 9. The quantitative estimate of drug-likeness (QED) is 0.0221. The summed E-state index contributed by atoms with van der Waals surface area (Å²) in [4.78, 5) is 30.5. The SMILES string of the molecule is CN1CC=C(c2ccc3nc(N)cc(C#Cc4cccc(C(N)=NO)c4)c3c2)CC1.CN1CCN(c2ccc3nc(N)cc(C#Cc4cccc(C(N)=NO)c4)c3c2)CC1.NC(=NO)c1cccc(C#Cc2cc(N)nc3ccc(-c4ccc5cc[nH]c5c4)cc23)c1.NC(=NO)c1cccc(C#Cc2cc(N)nc3ccc(N4CCCC4)cc23)c1. The van der Waals surface area contributed by atoms with Gasteiger partial charge in [-0.1, -0.05) is 147 Å². The Bertz CT molecular complexity index is 6690. The Morgan fingerprint density at radius 1 is 0.358 bits per heavy atom. The highest BCUT2D eigenvalue weighted by molar-refractivity contribution is 6.01. The van der Waals surface area contributed by atoms with E-state index in [2.05, 4.69) is 199 Å². The summed E-state index contributed by atoms with van der Waals surface area (Å²) in [5, 5.41) is 52.7. The highest BCUT2D eigenvalue weighted by Crippen LogP contribution is 2.33. The van der Waals surface area contributed by atoms with Gasteiger partial charge in [-0.3, -0.25) is 0 Å². The molecule has 9 aromatic carbocycles. The highest BCUT2D eigenvalue weighted by atomic mass is 16.4. The van der Waals surface area contributed by atoms with E-state index in [1.54, 1.807) is 72.8 Å². The lowest BCUT2D eigenvalue weighted by Gasteiger charge is -2.34. The first-order valence-electron chi connectivity index (χ1n) is 38.7. The number of nitrogens with two attached hydrogens (primary N) is 8. The van der Waals surface area contributed by atoms with E-state index in [1.807, 2.05) is 85.1 Å². The number of amidine groups is 4. The summed E-state index contributed by atoms with van der Waals surface area (Å²) in [7, 11) is 4.27. The molecule has 14 aromatic rings. The normalized spacial score (nSPS) is 13.8. The zero-order chi connectivity index (χ0) is 83.8. The molecular formula is C95H87N21O4. The van der Waals surface area contributed by atoms with Gasteiger partial charge in [0, 0.05) is 164 Å². The van der Waals surface area contributed by atoms with E-state index in [0.717, 1.165) is 164 Å². The number of pyridine rings is 4. The second-order valence-corrected chi connectivity index (χ2v) is 29.0. The van der Waals surface area contributed by atoms with E-state index in [1.165, 1.54) is 40.7 Å². The van der Waals surface area contributed by atoms with Crippen LogP contribution in [-0.2, 0) is 0 Å². The first-order chi connectivity index (χ1) is 58.3. The second kappa shape index (κ2) is 37.0. The number of aromatic amines is 1. The molecule has 3 aliphatic heterocycles. The number of nitrogens with one attached hydrogen (secondary N) is 1. The fourth-order valence-corrected chi connectivity index (χ4v) is 14.3. The van der Waals surface area contributed by atoms with Crippen LogP contribution in [0.1, 0.15) is 91.6 Å². The molecular weight excluding hydrogens is 1500 g/mol. The van der Waals surface area contributed by atoms with Crippen molar-refractivity contribution in [2.75, 3.05) is 99.2 Å². The topological polar surface area (TPSA) is 419 Å². The third-order valence-electron chi connectivity index (χ3n) is 20.7. The van der Waals surface area contributed by atoms with Crippen molar-refractivity contribution in [3.63, 3.8) is 0 Å². The average Bonchev–Trinajstić information content (AvgIpc) is 1.46. The van der Waals surface area contributed by atoms with Crippen LogP contribution in [0, 0.1) is 47.4 Å². The summed E-state index contributed by atoms with van der Waals surface area (Å²) in [6.07, 6.45) is 7.68. The first-order valence-corrected chi connectivity index (χ1v) is 38.7. The Balaban J connectivity index is 0.000000131. The standard InChI is InChI=1S/C26H19N5O.C24H23N5O.C23H24N6O.C22H21N5O/c27-25-15-20(5-4-16-2-1-3-21(12-16)26(28)31-32)22-13-18(8-9-23(22)30-25)19-7-6-17-10-11-29-24(17)14-19;1-29-11-9-17(10-12-29)18-7-8-22-21(14-18)19(15-23(25)27-22)6-5-16-3-2-4-20(13-16)24(26)28-30;1-28-9-11-29(12-10-28)19-7-8-21-20(15-19)17(14-22(24)26-21)6-5-16-3-2-4-18(13-16)23(25)27-30;23-21-13-16(7-6-15-4-3-5-17(12-15)22(24)26-28)19-14-18(8-9-20(19)25-21)27-10-1-2-11-27/h1-3,6-15,29,32H,(H2,27,30)(H2,28,31);2-4,7-9,13-15,30H,10-12H2,1H3,(H2,25,27)(H2,26,28);2-4,7-8,13-15,30H,9-12H2,1H3,(H2,24,26)(H2,25,27);3-5,8-9,12-14,28H,1-2,10-11H2,(H2,23,25)(H2,24,26). The van der Waals surface area contributed by atoms with E-state index < -0.39 is 0 Å². The number of piperazine rings is 1. The van der Waals surface area contributed by atoms with Gasteiger partial charge in [0.05, 0.1) is 22.1 Å². The molecule has 5 aromatic heterocycles. The molecule has 0 radical (unpaired) electrons. The number of oxime groups is 4. The van der Waals surface area contributed by atoms with Gasteiger partial charge < -0.3 is 91.3 Å². The lowest BCUT2D eigenvalue weighted by Crippen LogP contribution is -2.44. The molecule has 2 saturated heterocycles. The van der Waals surface area contributed by atoms with Crippen LogP contribution in [0.25, 0.3) is 71.2 Å². The Morgan fingerprint density at radius 2 is 0.717 bits per heavy atom. The van der Waals surface area contributed by atoms with Crippen LogP contribution in [-0.4, -0.2) is 145 Å². The number of hydrogen-bond acceptors (Lipinski definition) is 20. The summed E-state index contributed by atoms with van der Waals surface area (Å²) >= 11 is 0. The van der Waals surface area contributed by atoms with Crippen LogP contribution in [0.15, 0.2) is 251 Å². The number of aromatic nitrogens is 5. The van der Waals surface area contributed by atoms with Gasteiger partial charge in [-0.25, -0.2) is 19.9 Å². The zero-order valence-corrected chi connectivity index (χ0v) is 66.0. The van der Waals surface area contributed by atoms with Crippen molar-refractivity contribution in [2.45, 2.75) is 19.3 Å². The number of nitrogen functional groups attached to an aromatic ring is 4. The molecule has 0 unspecified atom stereocenters. The summed E-state index contributed by atoms with van der Waals surface area (Å²) in [5.74, 6) is 27.4. The minimum absolute atomic E-state index is 0.0379. The van der Waals surface area contributed by atoms with Crippen molar-refractivity contribution in [1.82, 2.24) is 34.7 Å². The maximum Gasteiger partial charge on any atom is 0.170 e. The van der Waals surface area contributed by atoms with Gasteiger partial charge in [-0.2, -0.15) is 0 Å². The molecule has 0 aliphatic carbocycles. The van der Waals surface area contributed by atoms with Gasteiger partial charge in [0.1, 0.15) is 23.3 Å². The van der Waals surface area contributed by atoms with Crippen molar-refractivity contribution < 1.29 is 20.8 Å². The molecule has 596 valence electrons. The fraction of sp³-hybridized carbons (Fsp3) is 0.137. The predicted octanol–water partition coefficient (Wildman–Crippen LogP) is 12.5. The summed E-state index contributed by atoms with van der Waals surface area (Å²) in [6, 6.07) is 69.3. The van der Waals surface area contributed by atoms with E-state index in [4.69, 9.17) is 66.7 Å². The average molecular weight is 1590 g/mol.